The fraction of sp³-hybridized carbons (Fsp3) is 0.294. The van der Waals surface area contributed by atoms with Crippen LogP contribution in [-0.4, -0.2) is 18.2 Å². The van der Waals surface area contributed by atoms with Gasteiger partial charge in [-0.1, -0.05) is 11.6 Å². The molecule has 0 amide bonds. The van der Waals surface area contributed by atoms with E-state index < -0.39 is 5.82 Å². The van der Waals surface area contributed by atoms with E-state index in [4.69, 9.17) is 28.6 Å². The van der Waals surface area contributed by atoms with Gasteiger partial charge in [0.1, 0.15) is 10.8 Å². The van der Waals surface area contributed by atoms with Crippen LogP contribution in [0.2, 0.25) is 5.02 Å². The Labute approximate surface area is 159 Å². The SMILES string of the molecule is COC(=O)c1c(NC(=S)Nc2ccc(Cl)cc2F)sc2c1CCCC2. The molecule has 132 valence electrons. The molecule has 0 atom stereocenters. The zero-order valence-corrected chi connectivity index (χ0v) is 15.8. The van der Waals surface area contributed by atoms with Crippen molar-refractivity contribution < 1.29 is 13.9 Å². The number of hydrogen-bond acceptors (Lipinski definition) is 4. The molecule has 1 aromatic heterocycles. The summed E-state index contributed by atoms with van der Waals surface area (Å²) in [5.41, 5.74) is 1.77. The Morgan fingerprint density at radius 3 is 2.80 bits per heavy atom. The maximum atomic E-state index is 13.9. The first kappa shape index (κ1) is 18.1. The van der Waals surface area contributed by atoms with Crippen LogP contribution in [0.3, 0.4) is 0 Å². The van der Waals surface area contributed by atoms with E-state index in [2.05, 4.69) is 10.6 Å². The number of methoxy groups -OCH3 is 1. The third-order valence-electron chi connectivity index (χ3n) is 3.97. The van der Waals surface area contributed by atoms with E-state index >= 15 is 0 Å². The molecule has 0 fully saturated rings. The lowest BCUT2D eigenvalue weighted by molar-refractivity contribution is 0.0601. The zero-order chi connectivity index (χ0) is 18.0. The minimum atomic E-state index is -0.504. The summed E-state index contributed by atoms with van der Waals surface area (Å²) in [5.74, 6) is -0.891. The van der Waals surface area contributed by atoms with Gasteiger partial charge < -0.3 is 15.4 Å². The number of hydrogen-bond donors (Lipinski definition) is 2. The number of thiocarbonyl (C=S) groups is 1. The highest BCUT2D eigenvalue weighted by molar-refractivity contribution is 7.80. The minimum Gasteiger partial charge on any atom is -0.465 e. The highest BCUT2D eigenvalue weighted by Gasteiger charge is 2.26. The first-order valence-electron chi connectivity index (χ1n) is 7.75. The molecule has 1 aromatic carbocycles. The summed E-state index contributed by atoms with van der Waals surface area (Å²) in [6.07, 6.45) is 3.94. The van der Waals surface area contributed by atoms with Crippen LogP contribution in [0.1, 0.15) is 33.6 Å². The molecule has 0 bridgehead atoms. The van der Waals surface area contributed by atoms with Gasteiger partial charge in [0.2, 0.25) is 0 Å². The first-order chi connectivity index (χ1) is 12.0. The normalized spacial score (nSPS) is 13.1. The molecule has 0 saturated heterocycles. The largest absolute Gasteiger partial charge is 0.465 e. The molecule has 1 aliphatic carbocycles. The number of carbonyl (C=O) groups is 1. The molecule has 4 nitrogen and oxygen atoms in total. The lowest BCUT2D eigenvalue weighted by Gasteiger charge is -2.13. The monoisotopic (exact) mass is 398 g/mol. The Kier molecular flexibility index (Phi) is 5.56. The fourth-order valence-corrected chi connectivity index (χ4v) is 4.54. The number of benzene rings is 1. The standard InChI is InChI=1S/C17H16ClFN2O2S2/c1-23-16(22)14-10-4-2-3-5-13(10)25-15(14)21-17(24)20-12-7-6-9(18)8-11(12)19/h6-8H,2-5H2,1H3,(H2,20,21,24). The molecule has 2 N–H and O–H groups in total. The average Bonchev–Trinajstić information content (AvgIpc) is 2.94. The number of rotatable bonds is 3. The Morgan fingerprint density at radius 1 is 1.32 bits per heavy atom. The Bertz CT molecular complexity index is 838. The van der Waals surface area contributed by atoms with E-state index in [9.17, 15) is 9.18 Å². The number of ether oxygens (including phenoxy) is 1. The smallest absolute Gasteiger partial charge is 0.341 e. The second kappa shape index (κ2) is 7.68. The van der Waals surface area contributed by atoms with Gasteiger partial charge in [0, 0.05) is 9.90 Å². The van der Waals surface area contributed by atoms with Gasteiger partial charge in [-0.2, -0.15) is 0 Å². The van der Waals surface area contributed by atoms with Crippen molar-refractivity contribution in [1.82, 2.24) is 0 Å². The summed E-state index contributed by atoms with van der Waals surface area (Å²) in [4.78, 5) is 13.4. The second-order valence-corrected chi connectivity index (χ2v) is 7.56. The summed E-state index contributed by atoms with van der Waals surface area (Å²) >= 11 is 12.5. The number of aryl methyl sites for hydroxylation is 1. The van der Waals surface area contributed by atoms with Gasteiger partial charge in [0.25, 0.3) is 0 Å². The zero-order valence-electron chi connectivity index (χ0n) is 13.4. The van der Waals surface area contributed by atoms with Crippen molar-refractivity contribution in [2.24, 2.45) is 0 Å². The van der Waals surface area contributed by atoms with E-state index in [1.807, 2.05) is 0 Å². The maximum absolute atomic E-state index is 13.9. The molecule has 2 aromatic rings. The number of carbonyl (C=O) groups excluding carboxylic acids is 1. The number of thiophene rings is 1. The summed E-state index contributed by atoms with van der Waals surface area (Å²) in [6, 6.07) is 4.28. The molecule has 0 saturated carbocycles. The van der Waals surface area contributed by atoms with Crippen molar-refractivity contribution >= 4 is 56.9 Å². The van der Waals surface area contributed by atoms with Crippen LogP contribution in [0.5, 0.6) is 0 Å². The van der Waals surface area contributed by atoms with Gasteiger partial charge in [0.05, 0.1) is 18.4 Å². The molecular weight excluding hydrogens is 383 g/mol. The second-order valence-electron chi connectivity index (χ2n) is 5.61. The van der Waals surface area contributed by atoms with Crippen molar-refractivity contribution in [3.63, 3.8) is 0 Å². The summed E-state index contributed by atoms with van der Waals surface area (Å²) in [6.45, 7) is 0. The van der Waals surface area contributed by atoms with Gasteiger partial charge >= 0.3 is 5.97 Å². The van der Waals surface area contributed by atoms with E-state index in [-0.39, 0.29) is 16.8 Å². The van der Waals surface area contributed by atoms with Gasteiger partial charge in [-0.3, -0.25) is 0 Å². The van der Waals surface area contributed by atoms with Crippen LogP contribution in [0.25, 0.3) is 0 Å². The first-order valence-corrected chi connectivity index (χ1v) is 9.35. The quantitative estimate of drug-likeness (QED) is 0.562. The lowest BCUT2D eigenvalue weighted by Crippen LogP contribution is -2.21. The minimum absolute atomic E-state index is 0.199. The van der Waals surface area contributed by atoms with Crippen molar-refractivity contribution in [2.75, 3.05) is 17.7 Å². The van der Waals surface area contributed by atoms with Crippen molar-refractivity contribution in [3.05, 3.63) is 45.0 Å². The van der Waals surface area contributed by atoms with E-state index in [0.717, 1.165) is 31.2 Å². The lowest BCUT2D eigenvalue weighted by atomic mass is 9.95. The Hall–Kier alpha value is -1.70. The summed E-state index contributed by atoms with van der Waals surface area (Å²) in [5, 5.41) is 6.94. The molecule has 1 aliphatic rings. The maximum Gasteiger partial charge on any atom is 0.341 e. The summed E-state index contributed by atoms with van der Waals surface area (Å²) < 4.78 is 18.8. The van der Waals surface area contributed by atoms with Crippen molar-refractivity contribution in [3.8, 4) is 0 Å². The Balaban J connectivity index is 1.83. The van der Waals surface area contributed by atoms with E-state index in [1.165, 1.54) is 35.5 Å². The van der Waals surface area contributed by atoms with Crippen LogP contribution in [0, 0.1) is 5.82 Å². The van der Waals surface area contributed by atoms with Gasteiger partial charge in [-0.25, -0.2) is 9.18 Å². The van der Waals surface area contributed by atoms with E-state index in [1.54, 1.807) is 6.07 Å². The predicted molar refractivity (Wildman–Crippen MR) is 104 cm³/mol. The molecule has 1 heterocycles. The number of nitrogens with one attached hydrogen (secondary N) is 2. The molecule has 0 aliphatic heterocycles. The molecule has 0 radical (unpaired) electrons. The fourth-order valence-electron chi connectivity index (χ4n) is 2.82. The number of anilines is 2. The Morgan fingerprint density at radius 2 is 2.08 bits per heavy atom. The highest BCUT2D eigenvalue weighted by atomic mass is 35.5. The number of fused-ring (bicyclic) bond motifs is 1. The third-order valence-corrected chi connectivity index (χ3v) is 5.61. The van der Waals surface area contributed by atoms with Crippen LogP contribution >= 0.6 is 35.2 Å². The molecule has 0 spiro atoms. The number of halogens is 2. The molecule has 0 unspecified atom stereocenters. The predicted octanol–water partition coefficient (Wildman–Crippen LogP) is 5.01. The van der Waals surface area contributed by atoms with Gasteiger partial charge in [0.15, 0.2) is 5.11 Å². The van der Waals surface area contributed by atoms with Gasteiger partial charge in [-0.05, 0) is 61.7 Å². The molecule has 8 heteroatoms. The van der Waals surface area contributed by atoms with Crippen molar-refractivity contribution in [2.45, 2.75) is 25.7 Å². The molecule has 25 heavy (non-hydrogen) atoms. The van der Waals surface area contributed by atoms with Crippen molar-refractivity contribution in [1.29, 1.82) is 0 Å². The number of esters is 1. The average molecular weight is 399 g/mol. The van der Waals surface area contributed by atoms with E-state index in [0.29, 0.717) is 15.6 Å². The van der Waals surface area contributed by atoms with Crippen LogP contribution in [0.15, 0.2) is 18.2 Å². The highest BCUT2D eigenvalue weighted by Crippen LogP contribution is 2.38. The topological polar surface area (TPSA) is 50.4 Å². The van der Waals surface area contributed by atoms with Gasteiger partial charge in [-0.15, -0.1) is 11.3 Å². The van der Waals surface area contributed by atoms with Crippen LogP contribution in [-0.2, 0) is 17.6 Å². The van der Waals surface area contributed by atoms with Crippen LogP contribution in [0.4, 0.5) is 15.1 Å². The van der Waals surface area contributed by atoms with Crippen LogP contribution < -0.4 is 10.6 Å². The molecule has 3 rings (SSSR count). The summed E-state index contributed by atoms with van der Waals surface area (Å²) in [7, 11) is 1.36. The third kappa shape index (κ3) is 3.94. The molecular formula is C17H16ClFN2O2S2.